The van der Waals surface area contributed by atoms with Gasteiger partial charge in [-0.15, -0.1) is 11.8 Å². The molecule has 3 aromatic rings. The van der Waals surface area contributed by atoms with Crippen molar-refractivity contribution < 1.29 is 14.5 Å². The molecule has 0 saturated carbocycles. The Labute approximate surface area is 193 Å². The molecular weight excluding hydrogens is 450 g/mol. The summed E-state index contributed by atoms with van der Waals surface area (Å²) in [6, 6.07) is 18.9. The molecule has 3 aromatic carbocycles. The van der Waals surface area contributed by atoms with Crippen molar-refractivity contribution in [1.29, 1.82) is 0 Å². The Morgan fingerprint density at radius 1 is 1.12 bits per heavy atom. The summed E-state index contributed by atoms with van der Waals surface area (Å²) in [5.41, 5.74) is 3.24. The number of halogens is 1. The van der Waals surface area contributed by atoms with E-state index in [0.29, 0.717) is 11.4 Å². The molecule has 7 nitrogen and oxygen atoms in total. The molecule has 4 rings (SSSR count). The number of amides is 2. The number of anilines is 2. The van der Waals surface area contributed by atoms with Crippen LogP contribution >= 0.6 is 23.4 Å². The molecule has 0 spiro atoms. The van der Waals surface area contributed by atoms with Gasteiger partial charge in [-0.3, -0.25) is 24.6 Å². The van der Waals surface area contributed by atoms with Crippen LogP contribution in [0.5, 0.6) is 0 Å². The summed E-state index contributed by atoms with van der Waals surface area (Å²) in [5, 5.41) is 13.6. The zero-order valence-electron chi connectivity index (χ0n) is 16.9. The fraction of sp³-hybridized carbons (Fsp3) is 0.130. The molecule has 1 unspecified atom stereocenters. The van der Waals surface area contributed by atoms with E-state index in [9.17, 15) is 19.7 Å². The van der Waals surface area contributed by atoms with E-state index in [4.69, 9.17) is 11.6 Å². The van der Waals surface area contributed by atoms with Crippen LogP contribution in [0.1, 0.15) is 26.9 Å². The molecule has 0 radical (unpaired) electrons. The van der Waals surface area contributed by atoms with Crippen molar-refractivity contribution in [2.45, 2.75) is 12.3 Å². The van der Waals surface area contributed by atoms with Gasteiger partial charge in [-0.1, -0.05) is 41.4 Å². The molecule has 1 aliphatic heterocycles. The lowest BCUT2D eigenvalue weighted by Crippen LogP contribution is -2.27. The van der Waals surface area contributed by atoms with Crippen LogP contribution in [0, 0.1) is 17.0 Å². The Morgan fingerprint density at radius 2 is 1.81 bits per heavy atom. The van der Waals surface area contributed by atoms with Crippen LogP contribution in [0.4, 0.5) is 17.1 Å². The topological polar surface area (TPSA) is 92.6 Å². The van der Waals surface area contributed by atoms with E-state index in [1.165, 1.54) is 12.1 Å². The quantitative estimate of drug-likeness (QED) is 0.390. The number of hydrogen-bond donors (Lipinski definition) is 1. The molecule has 162 valence electrons. The molecule has 1 aliphatic rings. The predicted octanol–water partition coefficient (Wildman–Crippen LogP) is 5.59. The first kappa shape index (κ1) is 21.9. The summed E-state index contributed by atoms with van der Waals surface area (Å²) in [4.78, 5) is 37.2. The van der Waals surface area contributed by atoms with Crippen molar-refractivity contribution in [2.75, 3.05) is 16.0 Å². The maximum Gasteiger partial charge on any atom is 0.288 e. The Kier molecular flexibility index (Phi) is 6.16. The summed E-state index contributed by atoms with van der Waals surface area (Å²) in [5.74, 6) is -0.0402. The fourth-order valence-electron chi connectivity index (χ4n) is 3.38. The Morgan fingerprint density at radius 3 is 2.47 bits per heavy atom. The summed E-state index contributed by atoms with van der Waals surface area (Å²) < 4.78 is 0. The molecule has 1 atom stereocenters. The van der Waals surface area contributed by atoms with Crippen molar-refractivity contribution in [1.82, 2.24) is 0 Å². The highest BCUT2D eigenvalue weighted by molar-refractivity contribution is 8.00. The lowest BCUT2D eigenvalue weighted by Gasteiger charge is -2.24. The number of carbonyl (C=O) groups excluding carboxylic acids is 2. The van der Waals surface area contributed by atoms with Crippen LogP contribution in [-0.2, 0) is 4.79 Å². The van der Waals surface area contributed by atoms with E-state index in [0.717, 1.165) is 22.9 Å². The summed E-state index contributed by atoms with van der Waals surface area (Å²) >= 11 is 7.35. The van der Waals surface area contributed by atoms with Gasteiger partial charge in [0.25, 0.3) is 11.6 Å². The Balaban J connectivity index is 1.51. The van der Waals surface area contributed by atoms with Gasteiger partial charge in [0.1, 0.15) is 10.4 Å². The average molecular weight is 468 g/mol. The van der Waals surface area contributed by atoms with E-state index < -0.39 is 10.8 Å². The van der Waals surface area contributed by atoms with Crippen molar-refractivity contribution >= 4 is 52.2 Å². The van der Waals surface area contributed by atoms with Crippen molar-refractivity contribution in [3.63, 3.8) is 0 Å². The summed E-state index contributed by atoms with van der Waals surface area (Å²) in [6.45, 7) is 2.00. The van der Waals surface area contributed by atoms with Gasteiger partial charge in [0.2, 0.25) is 5.91 Å². The first-order valence-electron chi connectivity index (χ1n) is 9.69. The monoisotopic (exact) mass is 467 g/mol. The predicted molar refractivity (Wildman–Crippen MR) is 126 cm³/mol. The maximum absolute atomic E-state index is 12.5. The lowest BCUT2D eigenvalue weighted by atomic mass is 10.1. The van der Waals surface area contributed by atoms with Crippen LogP contribution in [0.3, 0.4) is 0 Å². The molecular formula is C23H18ClN3O4S. The second kappa shape index (κ2) is 9.02. The number of hydrogen-bond acceptors (Lipinski definition) is 5. The molecule has 1 heterocycles. The standard InChI is InChI=1S/C23H18ClN3O4S/c1-14-2-9-18(10-3-14)26-21(28)13-32-23(26)15-4-7-17(8-5-15)25-22(29)16-6-11-19(24)20(12-16)27(30)31/h2-12,23H,13H2,1H3,(H,25,29). The number of nitrogens with one attached hydrogen (secondary N) is 1. The number of nitro benzene ring substituents is 1. The number of aryl methyl sites for hydroxylation is 1. The second-order valence-corrected chi connectivity index (χ2v) is 8.74. The van der Waals surface area contributed by atoms with Crippen LogP contribution < -0.4 is 10.2 Å². The van der Waals surface area contributed by atoms with Gasteiger partial charge in [-0.2, -0.15) is 0 Å². The third kappa shape index (κ3) is 4.46. The number of carbonyl (C=O) groups is 2. The number of benzene rings is 3. The number of thioether (sulfide) groups is 1. The zero-order valence-corrected chi connectivity index (χ0v) is 18.5. The Hall–Kier alpha value is -3.36. The first-order valence-corrected chi connectivity index (χ1v) is 11.1. The van der Waals surface area contributed by atoms with Gasteiger partial charge in [-0.05, 0) is 48.9 Å². The number of nitro groups is 1. The second-order valence-electron chi connectivity index (χ2n) is 7.26. The highest BCUT2D eigenvalue weighted by atomic mass is 35.5. The SMILES string of the molecule is Cc1ccc(N2C(=O)CSC2c2ccc(NC(=O)c3ccc(Cl)c([N+](=O)[O-])c3)cc2)cc1. The zero-order chi connectivity index (χ0) is 22.8. The largest absolute Gasteiger partial charge is 0.322 e. The number of nitrogens with zero attached hydrogens (tertiary/aromatic N) is 2. The van der Waals surface area contributed by atoms with E-state index >= 15 is 0 Å². The minimum atomic E-state index is -0.631. The molecule has 9 heteroatoms. The third-order valence-electron chi connectivity index (χ3n) is 5.04. The highest BCUT2D eigenvalue weighted by Crippen LogP contribution is 2.42. The Bertz CT molecular complexity index is 1200. The van der Waals surface area contributed by atoms with Gasteiger partial charge < -0.3 is 5.32 Å². The van der Waals surface area contributed by atoms with E-state index in [1.807, 2.05) is 43.3 Å². The van der Waals surface area contributed by atoms with Gasteiger partial charge >= 0.3 is 0 Å². The van der Waals surface area contributed by atoms with Crippen molar-refractivity contribution in [3.05, 3.63) is 98.6 Å². The van der Waals surface area contributed by atoms with Crippen LogP contribution in [0.15, 0.2) is 66.7 Å². The molecule has 2 amide bonds. The molecule has 1 N–H and O–H groups in total. The lowest BCUT2D eigenvalue weighted by molar-refractivity contribution is -0.384. The van der Waals surface area contributed by atoms with Crippen LogP contribution in [-0.4, -0.2) is 22.5 Å². The van der Waals surface area contributed by atoms with Crippen LogP contribution in [0.2, 0.25) is 5.02 Å². The van der Waals surface area contributed by atoms with Crippen LogP contribution in [0.25, 0.3) is 0 Å². The highest BCUT2D eigenvalue weighted by Gasteiger charge is 2.34. The molecule has 1 fully saturated rings. The summed E-state index contributed by atoms with van der Waals surface area (Å²) in [7, 11) is 0. The minimum absolute atomic E-state index is 0.0300. The average Bonchev–Trinajstić information content (AvgIpc) is 3.16. The van der Waals surface area contributed by atoms with E-state index in [2.05, 4.69) is 5.32 Å². The first-order chi connectivity index (χ1) is 15.3. The molecule has 0 aromatic heterocycles. The van der Waals surface area contributed by atoms with Gasteiger partial charge in [0.05, 0.1) is 10.7 Å². The van der Waals surface area contributed by atoms with Crippen molar-refractivity contribution in [3.8, 4) is 0 Å². The number of rotatable bonds is 5. The van der Waals surface area contributed by atoms with Gasteiger partial charge in [0, 0.05) is 23.0 Å². The smallest absolute Gasteiger partial charge is 0.288 e. The molecule has 32 heavy (non-hydrogen) atoms. The van der Waals surface area contributed by atoms with E-state index in [1.54, 1.807) is 28.8 Å². The normalized spacial score (nSPS) is 15.6. The van der Waals surface area contributed by atoms with Gasteiger partial charge in [0.15, 0.2) is 0 Å². The molecule has 0 bridgehead atoms. The summed E-state index contributed by atoms with van der Waals surface area (Å²) in [6.07, 6.45) is 0. The minimum Gasteiger partial charge on any atom is -0.322 e. The molecule has 0 aliphatic carbocycles. The van der Waals surface area contributed by atoms with E-state index in [-0.39, 0.29) is 27.6 Å². The molecule has 1 saturated heterocycles. The van der Waals surface area contributed by atoms with Crippen molar-refractivity contribution in [2.24, 2.45) is 0 Å². The van der Waals surface area contributed by atoms with Gasteiger partial charge in [-0.25, -0.2) is 0 Å². The third-order valence-corrected chi connectivity index (χ3v) is 6.57. The maximum atomic E-state index is 12.5. The fourth-order valence-corrected chi connectivity index (χ4v) is 4.75.